The van der Waals surface area contributed by atoms with Crippen molar-refractivity contribution in [2.75, 3.05) is 12.0 Å². The Labute approximate surface area is 178 Å². The van der Waals surface area contributed by atoms with E-state index < -0.39 is 0 Å². The molecule has 2 aromatic carbocycles. The molecule has 1 unspecified atom stereocenters. The summed E-state index contributed by atoms with van der Waals surface area (Å²) in [4.78, 5) is 28.8. The van der Waals surface area contributed by atoms with E-state index in [1.165, 1.54) is 0 Å². The minimum absolute atomic E-state index is 0.0380. The molecule has 4 rings (SSSR count). The molecule has 0 spiro atoms. The molecule has 0 N–H and O–H groups in total. The normalized spacial score (nSPS) is 20.9. The van der Waals surface area contributed by atoms with E-state index in [-0.39, 0.29) is 29.4 Å². The van der Waals surface area contributed by atoms with E-state index in [4.69, 9.17) is 4.74 Å². The fourth-order valence-electron chi connectivity index (χ4n) is 4.94. The van der Waals surface area contributed by atoms with Crippen LogP contribution in [0.2, 0.25) is 0 Å². The molecule has 1 aliphatic heterocycles. The average Bonchev–Trinajstić information content (AvgIpc) is 2.72. The van der Waals surface area contributed by atoms with Crippen molar-refractivity contribution in [1.82, 2.24) is 0 Å². The lowest BCUT2D eigenvalue weighted by Gasteiger charge is -2.43. The maximum Gasteiger partial charge on any atom is 0.232 e. The molecule has 156 valence electrons. The van der Waals surface area contributed by atoms with Crippen molar-refractivity contribution in [3.05, 3.63) is 70.9 Å². The number of benzene rings is 2. The summed E-state index contributed by atoms with van der Waals surface area (Å²) in [6, 6.07) is 15.8. The van der Waals surface area contributed by atoms with Crippen molar-refractivity contribution in [2.24, 2.45) is 5.41 Å². The average molecular weight is 404 g/mol. The number of allylic oxidation sites excluding steroid dienone is 2. The highest BCUT2D eigenvalue weighted by atomic mass is 16.5. The summed E-state index contributed by atoms with van der Waals surface area (Å²) in [5.74, 6) is 0.638. The standard InChI is InChI=1S/C26H29NO3/c1-5-17-10-6-8-12-20(17)27-21-15-26(2,3)16-22(28)25(21)19(14-24(27)29)18-11-7-9-13-23(18)30-4/h6-13,19H,5,14-16H2,1-4H3. The van der Waals surface area contributed by atoms with Crippen LogP contribution in [0.1, 0.15) is 57.1 Å². The number of carbonyl (C=O) groups excluding carboxylic acids is 2. The molecular formula is C26H29NO3. The van der Waals surface area contributed by atoms with E-state index >= 15 is 0 Å². The second kappa shape index (κ2) is 7.75. The van der Waals surface area contributed by atoms with E-state index in [2.05, 4.69) is 26.8 Å². The lowest BCUT2D eigenvalue weighted by Crippen LogP contribution is -2.44. The zero-order valence-electron chi connectivity index (χ0n) is 18.2. The monoisotopic (exact) mass is 403 g/mol. The van der Waals surface area contributed by atoms with Gasteiger partial charge in [-0.25, -0.2) is 0 Å². The number of hydrogen-bond acceptors (Lipinski definition) is 3. The summed E-state index contributed by atoms with van der Waals surface area (Å²) >= 11 is 0. The number of methoxy groups -OCH3 is 1. The Balaban J connectivity index is 1.94. The first-order valence-corrected chi connectivity index (χ1v) is 10.7. The minimum atomic E-state index is -0.266. The molecule has 1 heterocycles. The second-order valence-corrected chi connectivity index (χ2v) is 9.01. The Morgan fingerprint density at radius 1 is 1.03 bits per heavy atom. The molecule has 0 fully saturated rings. The fraction of sp³-hybridized carbons (Fsp3) is 0.385. The van der Waals surface area contributed by atoms with Crippen molar-refractivity contribution < 1.29 is 14.3 Å². The summed E-state index contributed by atoms with van der Waals surface area (Å²) in [5, 5.41) is 0. The highest BCUT2D eigenvalue weighted by Crippen LogP contribution is 2.49. The number of aryl methyl sites for hydroxylation is 1. The van der Waals surface area contributed by atoms with Crippen molar-refractivity contribution in [3.8, 4) is 5.75 Å². The molecule has 4 heteroatoms. The van der Waals surface area contributed by atoms with Crippen LogP contribution in [0.15, 0.2) is 59.8 Å². The number of hydrogen-bond donors (Lipinski definition) is 0. The number of ketones is 1. The number of nitrogens with zero attached hydrogens (tertiary/aromatic N) is 1. The first-order valence-electron chi connectivity index (χ1n) is 10.7. The minimum Gasteiger partial charge on any atom is -0.496 e. The summed E-state index contributed by atoms with van der Waals surface area (Å²) in [7, 11) is 1.63. The van der Waals surface area contributed by atoms with E-state index in [9.17, 15) is 9.59 Å². The number of anilines is 1. The van der Waals surface area contributed by atoms with Gasteiger partial charge < -0.3 is 4.74 Å². The van der Waals surface area contributed by atoms with Gasteiger partial charge in [-0.1, -0.05) is 57.2 Å². The zero-order valence-corrected chi connectivity index (χ0v) is 18.2. The zero-order chi connectivity index (χ0) is 21.5. The van der Waals surface area contributed by atoms with E-state index in [0.717, 1.165) is 40.3 Å². The van der Waals surface area contributed by atoms with Gasteiger partial charge in [-0.15, -0.1) is 0 Å². The molecular weight excluding hydrogens is 374 g/mol. The topological polar surface area (TPSA) is 46.6 Å². The third-order valence-electron chi connectivity index (χ3n) is 6.27. The van der Waals surface area contributed by atoms with Crippen molar-refractivity contribution in [2.45, 2.75) is 52.4 Å². The second-order valence-electron chi connectivity index (χ2n) is 9.01. The summed E-state index contributed by atoms with van der Waals surface area (Å²) < 4.78 is 5.58. The van der Waals surface area contributed by atoms with Crippen LogP contribution in [-0.2, 0) is 16.0 Å². The lowest BCUT2D eigenvalue weighted by molar-refractivity contribution is -0.121. The van der Waals surface area contributed by atoms with E-state index in [1.807, 2.05) is 47.4 Å². The molecule has 0 bridgehead atoms. The highest BCUT2D eigenvalue weighted by Gasteiger charge is 2.45. The number of rotatable bonds is 4. The van der Waals surface area contributed by atoms with Crippen molar-refractivity contribution in [1.29, 1.82) is 0 Å². The van der Waals surface area contributed by atoms with Gasteiger partial charge in [0.2, 0.25) is 5.91 Å². The van der Waals surface area contributed by atoms with Crippen molar-refractivity contribution in [3.63, 3.8) is 0 Å². The Bertz CT molecular complexity index is 1030. The molecule has 0 aromatic heterocycles. The van der Waals surface area contributed by atoms with Crippen LogP contribution in [0, 0.1) is 5.41 Å². The van der Waals surface area contributed by atoms with Gasteiger partial charge in [0.15, 0.2) is 5.78 Å². The van der Waals surface area contributed by atoms with Gasteiger partial charge in [0.25, 0.3) is 0 Å². The summed E-state index contributed by atoms with van der Waals surface area (Å²) in [5.41, 5.74) is 4.40. The Kier molecular flexibility index (Phi) is 5.27. The molecule has 1 amide bonds. The number of para-hydroxylation sites is 2. The van der Waals surface area contributed by atoms with Crippen LogP contribution < -0.4 is 9.64 Å². The largest absolute Gasteiger partial charge is 0.496 e. The molecule has 0 radical (unpaired) electrons. The van der Waals surface area contributed by atoms with Gasteiger partial charge in [-0.2, -0.15) is 0 Å². The van der Waals surface area contributed by atoms with Crippen LogP contribution in [0.5, 0.6) is 5.75 Å². The van der Waals surface area contributed by atoms with E-state index in [0.29, 0.717) is 12.8 Å². The molecule has 30 heavy (non-hydrogen) atoms. The molecule has 2 aliphatic rings. The fourth-order valence-corrected chi connectivity index (χ4v) is 4.94. The van der Waals surface area contributed by atoms with Gasteiger partial charge in [0, 0.05) is 35.6 Å². The number of amides is 1. The van der Waals surface area contributed by atoms with Gasteiger partial charge in [-0.05, 0) is 36.0 Å². The van der Waals surface area contributed by atoms with Gasteiger partial charge in [0.1, 0.15) is 5.75 Å². The molecule has 1 aliphatic carbocycles. The van der Waals surface area contributed by atoms with Crippen molar-refractivity contribution >= 4 is 17.4 Å². The first-order chi connectivity index (χ1) is 14.4. The molecule has 0 saturated carbocycles. The van der Waals surface area contributed by atoms with Gasteiger partial charge >= 0.3 is 0 Å². The lowest BCUT2D eigenvalue weighted by atomic mass is 9.69. The number of carbonyl (C=O) groups is 2. The Morgan fingerprint density at radius 3 is 2.47 bits per heavy atom. The van der Waals surface area contributed by atoms with Crippen LogP contribution in [0.25, 0.3) is 0 Å². The van der Waals surface area contributed by atoms with Gasteiger partial charge in [0.05, 0.1) is 12.8 Å². The van der Waals surface area contributed by atoms with E-state index in [1.54, 1.807) is 7.11 Å². The predicted molar refractivity (Wildman–Crippen MR) is 119 cm³/mol. The van der Waals surface area contributed by atoms with Crippen LogP contribution >= 0.6 is 0 Å². The number of Topliss-reactive ketones (excluding diaryl/α,β-unsaturated/α-hetero) is 1. The van der Waals surface area contributed by atoms with Gasteiger partial charge in [-0.3, -0.25) is 14.5 Å². The van der Waals surface area contributed by atoms with Crippen LogP contribution in [0.3, 0.4) is 0 Å². The SMILES string of the molecule is CCc1ccccc1N1C(=O)CC(c2ccccc2OC)C2=C1CC(C)(C)CC2=O. The predicted octanol–water partition coefficient (Wildman–Crippen LogP) is 5.42. The summed E-state index contributed by atoms with van der Waals surface area (Å²) in [6.45, 7) is 6.31. The maximum atomic E-state index is 13.6. The summed E-state index contributed by atoms with van der Waals surface area (Å²) in [6.07, 6.45) is 2.29. The highest BCUT2D eigenvalue weighted by molar-refractivity contribution is 6.08. The van der Waals surface area contributed by atoms with Crippen LogP contribution in [0.4, 0.5) is 5.69 Å². The smallest absolute Gasteiger partial charge is 0.232 e. The number of ether oxygens (including phenoxy) is 1. The molecule has 1 atom stereocenters. The molecule has 4 nitrogen and oxygen atoms in total. The maximum absolute atomic E-state index is 13.6. The molecule has 2 aromatic rings. The third-order valence-corrected chi connectivity index (χ3v) is 6.27. The first kappa shape index (κ1) is 20.4. The van der Waals surface area contributed by atoms with Crippen LogP contribution in [-0.4, -0.2) is 18.8 Å². The Morgan fingerprint density at radius 2 is 1.73 bits per heavy atom. The molecule has 0 saturated heterocycles. The third kappa shape index (κ3) is 3.45. The quantitative estimate of drug-likeness (QED) is 0.685. The Hall–Kier alpha value is -2.88.